The molecule has 0 amide bonds. The molecule has 2 nitrogen and oxygen atoms in total. The molecule has 1 aromatic rings. The fraction of sp³-hybridized carbons (Fsp3) is 0.357. The van der Waals surface area contributed by atoms with Crippen LogP contribution in [0.2, 0.25) is 0 Å². The monoisotopic (exact) mass is 218 g/mol. The Labute approximate surface area is 96.9 Å². The molecular weight excluding hydrogens is 200 g/mol. The Morgan fingerprint density at radius 1 is 1.38 bits per heavy atom. The van der Waals surface area contributed by atoms with E-state index >= 15 is 0 Å². The molecule has 0 unspecified atom stereocenters. The van der Waals surface area contributed by atoms with E-state index in [1.165, 1.54) is 11.1 Å². The molecule has 0 aromatic heterocycles. The van der Waals surface area contributed by atoms with Crippen molar-refractivity contribution in [1.82, 2.24) is 0 Å². The minimum atomic E-state index is -0.277. The number of carbonyl (C=O) groups excluding carboxylic acids is 1. The zero-order valence-electron chi connectivity index (χ0n) is 10.3. The summed E-state index contributed by atoms with van der Waals surface area (Å²) in [6.45, 7) is 8.23. The summed E-state index contributed by atoms with van der Waals surface area (Å²) < 4.78 is 4.89. The molecule has 0 fully saturated rings. The highest BCUT2D eigenvalue weighted by atomic mass is 16.5. The quantitative estimate of drug-likeness (QED) is 0.575. The Morgan fingerprint density at radius 3 is 2.69 bits per heavy atom. The number of carbonyl (C=O) groups is 1. The Morgan fingerprint density at radius 2 is 2.06 bits per heavy atom. The summed E-state index contributed by atoms with van der Waals surface area (Å²) in [6.07, 6.45) is 1.55. The van der Waals surface area contributed by atoms with Gasteiger partial charge in [-0.15, -0.1) is 0 Å². The van der Waals surface area contributed by atoms with E-state index in [9.17, 15) is 4.79 Å². The molecule has 16 heavy (non-hydrogen) atoms. The second kappa shape index (κ2) is 5.50. The molecule has 1 rings (SSSR count). The number of hydrogen-bond donors (Lipinski definition) is 0. The maximum Gasteiger partial charge on any atom is 0.331 e. The normalized spacial score (nSPS) is 11.4. The lowest BCUT2D eigenvalue weighted by Crippen LogP contribution is -2.00. The minimum Gasteiger partial charge on any atom is -0.463 e. The fourth-order valence-corrected chi connectivity index (χ4v) is 1.60. The van der Waals surface area contributed by atoms with Crippen molar-refractivity contribution < 1.29 is 9.53 Å². The van der Waals surface area contributed by atoms with Crippen LogP contribution in [0.5, 0.6) is 0 Å². The van der Waals surface area contributed by atoms with Crippen LogP contribution in [0.4, 0.5) is 0 Å². The lowest BCUT2D eigenvalue weighted by Gasteiger charge is -2.07. The van der Waals surface area contributed by atoms with Gasteiger partial charge in [0, 0.05) is 6.08 Å². The van der Waals surface area contributed by atoms with Gasteiger partial charge in [-0.25, -0.2) is 4.79 Å². The van der Waals surface area contributed by atoms with E-state index in [4.69, 9.17) is 4.74 Å². The second-order valence-electron chi connectivity index (χ2n) is 3.90. The molecule has 0 heterocycles. The van der Waals surface area contributed by atoms with Gasteiger partial charge in [0.1, 0.15) is 0 Å². The van der Waals surface area contributed by atoms with Crippen LogP contribution in [0, 0.1) is 13.8 Å². The third-order valence-corrected chi connectivity index (χ3v) is 2.44. The van der Waals surface area contributed by atoms with Gasteiger partial charge in [-0.1, -0.05) is 23.8 Å². The Bertz CT molecular complexity index is 417. The second-order valence-corrected chi connectivity index (χ2v) is 3.90. The average molecular weight is 218 g/mol. The van der Waals surface area contributed by atoms with Crippen molar-refractivity contribution in [3.05, 3.63) is 41.0 Å². The zero-order valence-corrected chi connectivity index (χ0v) is 10.3. The third kappa shape index (κ3) is 3.23. The molecule has 0 aliphatic heterocycles. The highest BCUT2D eigenvalue weighted by Crippen LogP contribution is 2.19. The molecule has 0 spiro atoms. The number of aryl methyl sites for hydroxylation is 2. The van der Waals surface area contributed by atoms with Crippen LogP contribution in [0.15, 0.2) is 24.3 Å². The van der Waals surface area contributed by atoms with Crippen LogP contribution in [-0.4, -0.2) is 12.6 Å². The van der Waals surface area contributed by atoms with Gasteiger partial charge in [0.25, 0.3) is 0 Å². The predicted octanol–water partition coefficient (Wildman–Crippen LogP) is 3.27. The number of benzene rings is 1. The van der Waals surface area contributed by atoms with Crippen LogP contribution in [0.3, 0.4) is 0 Å². The summed E-state index contributed by atoms with van der Waals surface area (Å²) in [5.74, 6) is -0.277. The number of allylic oxidation sites excluding steroid dienone is 1. The predicted molar refractivity (Wildman–Crippen MR) is 66.2 cm³/mol. The highest BCUT2D eigenvalue weighted by Gasteiger charge is 2.04. The SMILES string of the molecule is CCOC(=O)C=C(C)c1cc(C)ccc1C. The first-order valence-corrected chi connectivity index (χ1v) is 5.47. The van der Waals surface area contributed by atoms with Crippen molar-refractivity contribution >= 4 is 11.5 Å². The molecule has 0 atom stereocenters. The third-order valence-electron chi connectivity index (χ3n) is 2.44. The number of esters is 1. The first kappa shape index (κ1) is 12.5. The standard InChI is InChI=1S/C14H18O2/c1-5-16-14(15)9-12(4)13-8-10(2)6-7-11(13)3/h6-9H,5H2,1-4H3. The number of ether oxygens (including phenoxy) is 1. The first-order valence-electron chi connectivity index (χ1n) is 5.47. The molecule has 0 saturated heterocycles. The molecule has 2 heteroatoms. The van der Waals surface area contributed by atoms with Crippen LogP contribution < -0.4 is 0 Å². The molecule has 0 aliphatic carbocycles. The summed E-state index contributed by atoms with van der Waals surface area (Å²) in [5, 5.41) is 0. The van der Waals surface area contributed by atoms with Crippen molar-refractivity contribution in [3.63, 3.8) is 0 Å². The Hall–Kier alpha value is -1.57. The van der Waals surface area contributed by atoms with Gasteiger partial charge >= 0.3 is 5.97 Å². The van der Waals surface area contributed by atoms with Crippen molar-refractivity contribution in [2.24, 2.45) is 0 Å². The Kier molecular flexibility index (Phi) is 4.29. The molecule has 0 radical (unpaired) electrons. The summed E-state index contributed by atoms with van der Waals surface area (Å²) in [7, 11) is 0. The molecule has 0 N–H and O–H groups in total. The Balaban J connectivity index is 2.99. The molecule has 86 valence electrons. The van der Waals surface area contributed by atoms with Gasteiger partial charge in [0.2, 0.25) is 0 Å². The van der Waals surface area contributed by atoms with Gasteiger partial charge in [-0.05, 0) is 44.4 Å². The van der Waals surface area contributed by atoms with Gasteiger partial charge in [-0.2, -0.15) is 0 Å². The van der Waals surface area contributed by atoms with E-state index in [0.29, 0.717) is 6.61 Å². The van der Waals surface area contributed by atoms with Crippen molar-refractivity contribution in [2.45, 2.75) is 27.7 Å². The molecular formula is C14H18O2. The molecule has 1 aromatic carbocycles. The number of hydrogen-bond acceptors (Lipinski definition) is 2. The van der Waals surface area contributed by atoms with Crippen LogP contribution in [-0.2, 0) is 9.53 Å². The van der Waals surface area contributed by atoms with Gasteiger partial charge in [0.05, 0.1) is 6.61 Å². The van der Waals surface area contributed by atoms with E-state index < -0.39 is 0 Å². The largest absolute Gasteiger partial charge is 0.463 e. The van der Waals surface area contributed by atoms with E-state index in [1.54, 1.807) is 13.0 Å². The van der Waals surface area contributed by atoms with Gasteiger partial charge in [0.15, 0.2) is 0 Å². The van der Waals surface area contributed by atoms with Crippen LogP contribution in [0.1, 0.15) is 30.5 Å². The average Bonchev–Trinajstić information content (AvgIpc) is 2.21. The maximum atomic E-state index is 11.3. The fourth-order valence-electron chi connectivity index (χ4n) is 1.60. The minimum absolute atomic E-state index is 0.277. The smallest absolute Gasteiger partial charge is 0.331 e. The van der Waals surface area contributed by atoms with E-state index in [-0.39, 0.29) is 5.97 Å². The molecule has 0 bridgehead atoms. The molecule has 0 saturated carbocycles. The maximum absolute atomic E-state index is 11.3. The van der Waals surface area contributed by atoms with Crippen LogP contribution >= 0.6 is 0 Å². The van der Waals surface area contributed by atoms with E-state index in [1.807, 2.05) is 20.8 Å². The summed E-state index contributed by atoms with van der Waals surface area (Å²) in [5.41, 5.74) is 4.41. The summed E-state index contributed by atoms with van der Waals surface area (Å²) in [6, 6.07) is 6.21. The van der Waals surface area contributed by atoms with Crippen molar-refractivity contribution in [2.75, 3.05) is 6.61 Å². The first-order chi connectivity index (χ1) is 7.54. The van der Waals surface area contributed by atoms with Gasteiger partial charge in [-0.3, -0.25) is 0 Å². The topological polar surface area (TPSA) is 26.3 Å². The van der Waals surface area contributed by atoms with Crippen molar-refractivity contribution in [3.8, 4) is 0 Å². The van der Waals surface area contributed by atoms with Gasteiger partial charge < -0.3 is 4.74 Å². The van der Waals surface area contributed by atoms with Crippen molar-refractivity contribution in [1.29, 1.82) is 0 Å². The summed E-state index contributed by atoms with van der Waals surface area (Å²) >= 11 is 0. The lowest BCUT2D eigenvalue weighted by molar-refractivity contribution is -0.137. The molecule has 0 aliphatic rings. The highest BCUT2D eigenvalue weighted by molar-refractivity contribution is 5.91. The lowest BCUT2D eigenvalue weighted by atomic mass is 9.99. The van der Waals surface area contributed by atoms with E-state index in [2.05, 4.69) is 18.2 Å². The van der Waals surface area contributed by atoms with E-state index in [0.717, 1.165) is 11.1 Å². The zero-order chi connectivity index (χ0) is 12.1. The van der Waals surface area contributed by atoms with Crippen LogP contribution in [0.25, 0.3) is 5.57 Å². The summed E-state index contributed by atoms with van der Waals surface area (Å²) in [4.78, 5) is 11.3. The number of rotatable bonds is 3.